The standard InChI is InChI=1S/C21H15N5O5S/c1-12(13-6-7-20-18(10-13)22-17-4-2-3-5-19(17)32-20)23-24-21(27)14-8-15(25(28)29)11-16(9-14)26(30)31/h2-11,22H,1H3,(H,24,27). The molecule has 2 N–H and O–H groups in total. The molecule has 3 aromatic carbocycles. The van der Waals surface area contributed by atoms with Crippen molar-refractivity contribution in [1.29, 1.82) is 0 Å². The average molecular weight is 449 g/mol. The Bertz CT molecular complexity index is 1280. The van der Waals surface area contributed by atoms with Crippen LogP contribution in [0.5, 0.6) is 0 Å². The Morgan fingerprint density at radius 1 is 0.906 bits per heavy atom. The molecule has 3 aromatic rings. The van der Waals surface area contributed by atoms with E-state index in [1.54, 1.807) is 18.7 Å². The van der Waals surface area contributed by atoms with Crippen LogP contribution in [0.2, 0.25) is 0 Å². The molecule has 0 saturated heterocycles. The second kappa shape index (κ2) is 8.47. The summed E-state index contributed by atoms with van der Waals surface area (Å²) in [6.45, 7) is 1.70. The summed E-state index contributed by atoms with van der Waals surface area (Å²) in [7, 11) is 0. The van der Waals surface area contributed by atoms with Gasteiger partial charge < -0.3 is 5.32 Å². The quantitative estimate of drug-likeness (QED) is 0.252. The Morgan fingerprint density at radius 2 is 1.56 bits per heavy atom. The number of hydrogen-bond donors (Lipinski definition) is 2. The van der Waals surface area contributed by atoms with Crippen molar-refractivity contribution in [1.82, 2.24) is 5.43 Å². The molecule has 32 heavy (non-hydrogen) atoms. The zero-order valence-electron chi connectivity index (χ0n) is 16.6. The molecular weight excluding hydrogens is 434 g/mol. The fourth-order valence-electron chi connectivity index (χ4n) is 3.06. The van der Waals surface area contributed by atoms with Gasteiger partial charge in [-0.2, -0.15) is 5.10 Å². The Kier molecular flexibility index (Phi) is 5.56. The molecule has 0 aromatic heterocycles. The number of anilines is 2. The number of carbonyl (C=O) groups is 1. The third kappa shape index (κ3) is 4.27. The van der Waals surface area contributed by atoms with Crippen LogP contribution in [0.4, 0.5) is 22.7 Å². The number of nitrogens with one attached hydrogen (secondary N) is 2. The predicted octanol–water partition coefficient (Wildman–Crippen LogP) is 4.87. The highest BCUT2D eigenvalue weighted by Crippen LogP contribution is 2.44. The van der Waals surface area contributed by atoms with Gasteiger partial charge in [-0.15, -0.1) is 0 Å². The lowest BCUT2D eigenvalue weighted by atomic mass is 10.1. The molecule has 1 heterocycles. The molecule has 1 aliphatic rings. The first-order chi connectivity index (χ1) is 15.3. The summed E-state index contributed by atoms with van der Waals surface area (Å²) in [4.78, 5) is 35.0. The van der Waals surface area contributed by atoms with Gasteiger partial charge in [-0.05, 0) is 36.8 Å². The Balaban J connectivity index is 1.54. The summed E-state index contributed by atoms with van der Waals surface area (Å²) in [6.07, 6.45) is 0. The fraction of sp³-hybridized carbons (Fsp3) is 0.0476. The monoisotopic (exact) mass is 449 g/mol. The molecule has 0 fully saturated rings. The summed E-state index contributed by atoms with van der Waals surface area (Å²) in [5.74, 6) is -0.795. The largest absolute Gasteiger partial charge is 0.354 e. The number of benzene rings is 3. The van der Waals surface area contributed by atoms with Crippen molar-refractivity contribution in [3.63, 3.8) is 0 Å². The van der Waals surface area contributed by atoms with Gasteiger partial charge in [-0.1, -0.05) is 30.0 Å². The van der Waals surface area contributed by atoms with E-state index in [4.69, 9.17) is 0 Å². The van der Waals surface area contributed by atoms with E-state index in [-0.39, 0.29) is 5.56 Å². The number of hydrogen-bond acceptors (Lipinski definition) is 8. The number of non-ortho nitro benzene ring substituents is 2. The first-order valence-corrected chi connectivity index (χ1v) is 10.1. The molecule has 1 aliphatic heterocycles. The van der Waals surface area contributed by atoms with Gasteiger partial charge >= 0.3 is 0 Å². The summed E-state index contributed by atoms with van der Waals surface area (Å²) >= 11 is 1.64. The number of nitro groups is 2. The molecule has 0 radical (unpaired) electrons. The summed E-state index contributed by atoms with van der Waals surface area (Å²) in [5.41, 5.74) is 4.11. The summed E-state index contributed by atoms with van der Waals surface area (Å²) in [5, 5.41) is 29.4. The van der Waals surface area contributed by atoms with Crippen molar-refractivity contribution in [3.05, 3.63) is 92.0 Å². The molecule has 0 saturated carbocycles. The second-order valence-electron chi connectivity index (χ2n) is 6.82. The molecule has 1 amide bonds. The minimum atomic E-state index is -0.797. The lowest BCUT2D eigenvalue weighted by Gasteiger charge is -2.21. The lowest BCUT2D eigenvalue weighted by molar-refractivity contribution is -0.394. The van der Waals surface area contributed by atoms with Crippen LogP contribution in [0.15, 0.2) is 75.6 Å². The van der Waals surface area contributed by atoms with Crippen LogP contribution in [-0.2, 0) is 0 Å². The zero-order valence-corrected chi connectivity index (χ0v) is 17.4. The van der Waals surface area contributed by atoms with E-state index in [9.17, 15) is 25.0 Å². The van der Waals surface area contributed by atoms with E-state index < -0.39 is 27.1 Å². The number of para-hydroxylation sites is 1. The third-order valence-electron chi connectivity index (χ3n) is 4.69. The van der Waals surface area contributed by atoms with Crippen LogP contribution >= 0.6 is 11.8 Å². The van der Waals surface area contributed by atoms with Gasteiger partial charge in [0.25, 0.3) is 17.3 Å². The summed E-state index contributed by atoms with van der Waals surface area (Å²) < 4.78 is 0. The van der Waals surface area contributed by atoms with Crippen LogP contribution in [0.1, 0.15) is 22.8 Å². The van der Waals surface area contributed by atoms with Crippen LogP contribution in [-0.4, -0.2) is 21.5 Å². The number of hydrazone groups is 1. The highest BCUT2D eigenvalue weighted by molar-refractivity contribution is 7.99. The van der Waals surface area contributed by atoms with E-state index in [1.165, 1.54) is 0 Å². The number of nitro benzene ring substituents is 2. The van der Waals surface area contributed by atoms with Crippen molar-refractivity contribution >= 4 is 46.1 Å². The van der Waals surface area contributed by atoms with Crippen molar-refractivity contribution < 1.29 is 14.6 Å². The van der Waals surface area contributed by atoms with Gasteiger partial charge in [0.2, 0.25) is 0 Å². The average Bonchev–Trinajstić information content (AvgIpc) is 2.80. The summed E-state index contributed by atoms with van der Waals surface area (Å²) in [6, 6.07) is 16.4. The third-order valence-corrected chi connectivity index (χ3v) is 5.84. The van der Waals surface area contributed by atoms with Gasteiger partial charge in [0.1, 0.15) is 0 Å². The normalized spacial score (nSPS) is 12.2. The molecule has 4 rings (SSSR count). The Hall–Kier alpha value is -4.25. The molecule has 0 bridgehead atoms. The maximum atomic E-state index is 12.4. The predicted molar refractivity (Wildman–Crippen MR) is 120 cm³/mol. The topological polar surface area (TPSA) is 140 Å². The number of rotatable bonds is 5. The van der Waals surface area contributed by atoms with Crippen LogP contribution < -0.4 is 10.7 Å². The van der Waals surface area contributed by atoms with Crippen LogP contribution in [0.3, 0.4) is 0 Å². The Labute approximate surface area is 185 Å². The van der Waals surface area contributed by atoms with Crippen LogP contribution in [0.25, 0.3) is 0 Å². The van der Waals surface area contributed by atoms with Crippen molar-refractivity contribution in [2.24, 2.45) is 5.10 Å². The first-order valence-electron chi connectivity index (χ1n) is 9.28. The van der Waals surface area contributed by atoms with Gasteiger partial charge in [0.15, 0.2) is 0 Å². The molecule has 0 unspecified atom stereocenters. The SMILES string of the molecule is CC(=NNC(=O)c1cc([N+](=O)[O-])cc([N+](=O)[O-])c1)c1ccc2c(c1)Nc1ccccc1S2. The second-order valence-corrected chi connectivity index (χ2v) is 7.91. The van der Waals surface area contributed by atoms with E-state index in [1.807, 2.05) is 42.5 Å². The maximum Gasteiger partial charge on any atom is 0.277 e. The lowest BCUT2D eigenvalue weighted by Crippen LogP contribution is -2.19. The Morgan fingerprint density at radius 3 is 2.25 bits per heavy atom. The maximum absolute atomic E-state index is 12.4. The van der Waals surface area contributed by atoms with Gasteiger partial charge in [-0.3, -0.25) is 25.0 Å². The molecular formula is C21H15N5O5S. The van der Waals surface area contributed by atoms with Crippen molar-refractivity contribution in [3.8, 4) is 0 Å². The van der Waals surface area contributed by atoms with Gasteiger partial charge in [0, 0.05) is 21.9 Å². The molecule has 0 aliphatic carbocycles. The van der Waals surface area contributed by atoms with Gasteiger partial charge in [-0.25, -0.2) is 5.43 Å². The molecule has 10 nitrogen and oxygen atoms in total. The van der Waals surface area contributed by atoms with Crippen molar-refractivity contribution in [2.75, 3.05) is 5.32 Å². The minimum absolute atomic E-state index is 0.234. The van der Waals surface area contributed by atoms with E-state index in [0.717, 1.165) is 44.9 Å². The first kappa shape index (κ1) is 21.0. The van der Waals surface area contributed by atoms with Crippen molar-refractivity contribution in [2.45, 2.75) is 16.7 Å². The molecule has 160 valence electrons. The van der Waals surface area contributed by atoms with Crippen LogP contribution in [0, 0.1) is 20.2 Å². The van der Waals surface area contributed by atoms with E-state index in [0.29, 0.717) is 5.71 Å². The smallest absolute Gasteiger partial charge is 0.277 e. The molecule has 0 atom stereocenters. The molecule has 11 heteroatoms. The molecule has 0 spiro atoms. The van der Waals surface area contributed by atoms with E-state index in [2.05, 4.69) is 15.8 Å². The van der Waals surface area contributed by atoms with E-state index >= 15 is 0 Å². The fourth-order valence-corrected chi connectivity index (χ4v) is 4.03. The number of carbonyl (C=O) groups excluding carboxylic acids is 1. The number of nitrogens with zero attached hydrogens (tertiary/aromatic N) is 3. The minimum Gasteiger partial charge on any atom is -0.354 e. The van der Waals surface area contributed by atoms with Gasteiger partial charge in [0.05, 0.1) is 38.6 Å². The number of fused-ring (bicyclic) bond motifs is 2. The highest BCUT2D eigenvalue weighted by Gasteiger charge is 2.20. The number of amides is 1. The highest BCUT2D eigenvalue weighted by atomic mass is 32.2. The zero-order chi connectivity index (χ0) is 22.8.